The first-order valence-electron chi connectivity index (χ1n) is 12.3. The van der Waals surface area contributed by atoms with Crippen molar-refractivity contribution in [2.24, 2.45) is 0 Å². The Labute approximate surface area is 243 Å². The van der Waals surface area contributed by atoms with Crippen LogP contribution < -0.4 is 16.0 Å². The van der Waals surface area contributed by atoms with Crippen LogP contribution in [0, 0.1) is 0 Å². The number of hydrogen-bond acceptors (Lipinski definition) is 7. The van der Waals surface area contributed by atoms with E-state index in [9.17, 15) is 19.5 Å². The molecule has 2 atom stereocenters. The van der Waals surface area contributed by atoms with E-state index in [-0.39, 0.29) is 16.4 Å². The van der Waals surface area contributed by atoms with Gasteiger partial charge in [0, 0.05) is 15.5 Å². The number of rotatable bonds is 5. The lowest BCUT2D eigenvalue weighted by Crippen LogP contribution is -2.41. The number of para-hydroxylation sites is 1. The van der Waals surface area contributed by atoms with Crippen LogP contribution >= 0.6 is 35.7 Å². The Bertz CT molecular complexity index is 1650. The summed E-state index contributed by atoms with van der Waals surface area (Å²) in [7, 11) is 0. The molecule has 0 saturated carbocycles. The summed E-state index contributed by atoms with van der Waals surface area (Å²) in [5.74, 6) is -1.54. The van der Waals surface area contributed by atoms with Crippen LogP contribution in [0.2, 0.25) is 0 Å². The fourth-order valence-electron chi connectivity index (χ4n) is 4.58. The van der Waals surface area contributed by atoms with Crippen LogP contribution in [0.1, 0.15) is 29.7 Å². The number of carbonyl (C=O) groups excluding carboxylic acids is 2. The highest BCUT2D eigenvalue weighted by Gasteiger charge is 2.38. The molecular formula is C29H22N4O4S3. The van der Waals surface area contributed by atoms with Gasteiger partial charge in [0.2, 0.25) is 0 Å². The number of amides is 3. The Morgan fingerprint density at radius 2 is 1.75 bits per heavy atom. The second-order valence-corrected chi connectivity index (χ2v) is 12.1. The van der Waals surface area contributed by atoms with E-state index in [0.29, 0.717) is 10.6 Å². The molecule has 3 aromatic carbocycles. The first-order valence-corrected chi connectivity index (χ1v) is 14.4. The average Bonchev–Trinajstić information content (AvgIpc) is 3.23. The number of urea groups is 1. The molecule has 0 spiro atoms. The standard InChI is InChI=1S/C29H22N4O4S3/c1-15(27(35)36)33-26(34)25(40-29(33)38)12-16-6-8-17(9-7-16)20-14-21(32-28(37)31-20)18-10-11-24-22(13-18)30-19-4-2-3-5-23(19)39-24/h2-15,20,30H,1H3,(H,35,36)(H2,31,32,37)/b25-12+. The third kappa shape index (κ3) is 4.99. The van der Waals surface area contributed by atoms with E-state index >= 15 is 0 Å². The van der Waals surface area contributed by atoms with E-state index < -0.39 is 17.9 Å². The number of nitrogens with zero attached hydrogens (tertiary/aromatic N) is 1. The third-order valence-electron chi connectivity index (χ3n) is 6.70. The predicted molar refractivity (Wildman–Crippen MR) is 161 cm³/mol. The highest BCUT2D eigenvalue weighted by molar-refractivity contribution is 8.26. The maximum absolute atomic E-state index is 12.8. The molecule has 3 amide bonds. The second-order valence-electron chi connectivity index (χ2n) is 9.32. The SMILES string of the molecule is CC(C(=O)O)N1C(=O)/C(=C\c2ccc(C3C=C(c4ccc5c(c4)Nc4ccccc4S5)NC(=O)N3)cc2)SC1=S. The monoisotopic (exact) mass is 586 g/mol. The van der Waals surface area contributed by atoms with Crippen molar-refractivity contribution in [2.75, 3.05) is 5.32 Å². The first-order chi connectivity index (χ1) is 19.3. The van der Waals surface area contributed by atoms with Gasteiger partial charge < -0.3 is 21.1 Å². The highest BCUT2D eigenvalue weighted by atomic mass is 32.2. The molecule has 11 heteroatoms. The zero-order valence-electron chi connectivity index (χ0n) is 21.0. The van der Waals surface area contributed by atoms with Gasteiger partial charge in [-0.15, -0.1) is 0 Å². The molecule has 0 bridgehead atoms. The molecule has 3 aromatic rings. The van der Waals surface area contributed by atoms with Gasteiger partial charge in [-0.05, 0) is 60.0 Å². The van der Waals surface area contributed by atoms with E-state index in [2.05, 4.69) is 28.1 Å². The van der Waals surface area contributed by atoms with Gasteiger partial charge in [-0.1, -0.05) is 78.2 Å². The van der Waals surface area contributed by atoms with Crippen molar-refractivity contribution in [3.63, 3.8) is 0 Å². The van der Waals surface area contributed by atoms with Crippen molar-refractivity contribution < 1.29 is 19.5 Å². The van der Waals surface area contributed by atoms with Gasteiger partial charge in [0.15, 0.2) is 0 Å². The summed E-state index contributed by atoms with van der Waals surface area (Å²) in [6.45, 7) is 1.43. The van der Waals surface area contributed by atoms with Crippen LogP contribution in [0.25, 0.3) is 11.8 Å². The number of carbonyl (C=O) groups is 3. The molecule has 0 aliphatic carbocycles. The Morgan fingerprint density at radius 3 is 2.52 bits per heavy atom. The zero-order chi connectivity index (χ0) is 28.0. The summed E-state index contributed by atoms with van der Waals surface area (Å²) >= 11 is 8.02. The molecule has 3 heterocycles. The molecule has 1 fully saturated rings. The fourth-order valence-corrected chi connectivity index (χ4v) is 6.97. The number of thiocarbonyl (C=S) groups is 1. The second kappa shape index (κ2) is 10.5. The molecule has 4 N–H and O–H groups in total. The Kier molecular flexibility index (Phi) is 6.87. The minimum absolute atomic E-state index is 0.220. The lowest BCUT2D eigenvalue weighted by Gasteiger charge is -2.26. The maximum Gasteiger partial charge on any atom is 0.326 e. The Balaban J connectivity index is 1.22. The number of hydrogen-bond donors (Lipinski definition) is 4. The van der Waals surface area contributed by atoms with Crippen molar-refractivity contribution in [2.45, 2.75) is 28.8 Å². The number of carboxylic acid groups (broad SMARTS) is 1. The molecule has 8 nitrogen and oxygen atoms in total. The van der Waals surface area contributed by atoms with Gasteiger partial charge >= 0.3 is 12.0 Å². The molecule has 6 rings (SSSR count). The fraction of sp³-hybridized carbons (Fsp3) is 0.103. The average molecular weight is 587 g/mol. The number of thioether (sulfide) groups is 1. The summed E-state index contributed by atoms with van der Waals surface area (Å²) in [6.07, 6.45) is 3.66. The molecular weight excluding hydrogens is 565 g/mol. The van der Waals surface area contributed by atoms with Crippen LogP contribution in [0.15, 0.2) is 87.5 Å². The summed E-state index contributed by atoms with van der Waals surface area (Å²) in [4.78, 5) is 40.5. The van der Waals surface area contributed by atoms with Crippen LogP contribution in [0.3, 0.4) is 0 Å². The third-order valence-corrected chi connectivity index (χ3v) is 9.18. The van der Waals surface area contributed by atoms with Gasteiger partial charge in [0.1, 0.15) is 10.4 Å². The smallest absolute Gasteiger partial charge is 0.326 e. The van der Waals surface area contributed by atoms with Gasteiger partial charge in [0.25, 0.3) is 5.91 Å². The van der Waals surface area contributed by atoms with E-state index in [1.807, 2.05) is 60.7 Å². The van der Waals surface area contributed by atoms with E-state index in [0.717, 1.165) is 49.6 Å². The lowest BCUT2D eigenvalue weighted by molar-refractivity contribution is -0.144. The van der Waals surface area contributed by atoms with Crippen LogP contribution in [-0.2, 0) is 9.59 Å². The molecule has 2 unspecified atom stereocenters. The highest BCUT2D eigenvalue weighted by Crippen LogP contribution is 2.44. The van der Waals surface area contributed by atoms with Crippen LogP contribution in [0.4, 0.5) is 16.2 Å². The minimum atomic E-state index is -1.12. The molecule has 1 saturated heterocycles. The maximum atomic E-state index is 12.8. The lowest BCUT2D eigenvalue weighted by atomic mass is 10.00. The topological polar surface area (TPSA) is 111 Å². The summed E-state index contributed by atoms with van der Waals surface area (Å²) in [5, 5.41) is 18.6. The molecule has 40 heavy (non-hydrogen) atoms. The molecule has 3 aliphatic rings. The largest absolute Gasteiger partial charge is 0.480 e. The van der Waals surface area contributed by atoms with E-state index in [1.165, 1.54) is 11.8 Å². The van der Waals surface area contributed by atoms with Crippen molar-refractivity contribution in [3.8, 4) is 0 Å². The van der Waals surface area contributed by atoms with Crippen molar-refractivity contribution in [1.29, 1.82) is 0 Å². The van der Waals surface area contributed by atoms with E-state index in [4.69, 9.17) is 12.2 Å². The van der Waals surface area contributed by atoms with Gasteiger partial charge in [-0.2, -0.15) is 0 Å². The van der Waals surface area contributed by atoms with Gasteiger partial charge in [-0.25, -0.2) is 9.59 Å². The normalized spacial score (nSPS) is 19.7. The molecule has 3 aliphatic heterocycles. The number of anilines is 2. The number of fused-ring (bicyclic) bond motifs is 2. The summed E-state index contributed by atoms with van der Waals surface area (Å²) < 4.78 is 0.220. The number of nitrogens with one attached hydrogen (secondary N) is 3. The number of aliphatic carboxylic acids is 1. The zero-order valence-corrected chi connectivity index (χ0v) is 23.5. The summed E-state index contributed by atoms with van der Waals surface area (Å²) in [5.41, 5.74) is 5.27. The predicted octanol–water partition coefficient (Wildman–Crippen LogP) is 5.96. The molecule has 0 aromatic heterocycles. The van der Waals surface area contributed by atoms with Gasteiger partial charge in [-0.3, -0.25) is 9.69 Å². The van der Waals surface area contributed by atoms with Gasteiger partial charge in [0.05, 0.1) is 22.3 Å². The number of carboxylic acids is 1. The van der Waals surface area contributed by atoms with E-state index in [1.54, 1.807) is 17.8 Å². The van der Waals surface area contributed by atoms with Crippen molar-refractivity contribution >= 4 is 81.1 Å². The minimum Gasteiger partial charge on any atom is -0.480 e. The molecule has 200 valence electrons. The first kappa shape index (κ1) is 26.2. The molecule has 0 radical (unpaired) electrons. The van der Waals surface area contributed by atoms with Crippen LogP contribution in [-0.4, -0.2) is 38.3 Å². The van der Waals surface area contributed by atoms with Crippen molar-refractivity contribution in [3.05, 3.63) is 94.4 Å². The summed E-state index contributed by atoms with van der Waals surface area (Å²) in [6, 6.07) is 20.0. The number of benzene rings is 3. The Hall–Kier alpha value is -4.06. The Morgan fingerprint density at radius 1 is 1.00 bits per heavy atom. The van der Waals surface area contributed by atoms with Crippen LogP contribution in [0.5, 0.6) is 0 Å². The quantitative estimate of drug-likeness (QED) is 0.167. The van der Waals surface area contributed by atoms with Crippen molar-refractivity contribution in [1.82, 2.24) is 15.5 Å².